The van der Waals surface area contributed by atoms with Gasteiger partial charge in [-0.25, -0.2) is 8.78 Å². The molecule has 0 aliphatic carbocycles. The quantitative estimate of drug-likeness (QED) is 0.790. The molecule has 0 amide bonds. The third-order valence-electron chi connectivity index (χ3n) is 2.40. The van der Waals surface area contributed by atoms with Crippen molar-refractivity contribution in [1.82, 2.24) is 4.98 Å². The molecule has 2 aromatic rings. The number of aromatic nitrogens is 1. The zero-order valence-corrected chi connectivity index (χ0v) is 9.86. The summed E-state index contributed by atoms with van der Waals surface area (Å²) in [6.45, 7) is 0. The third-order valence-corrected chi connectivity index (χ3v) is 2.72. The van der Waals surface area contributed by atoms with Gasteiger partial charge in [0.05, 0.1) is 5.02 Å². The van der Waals surface area contributed by atoms with Gasteiger partial charge in [0.25, 0.3) is 6.43 Å². The van der Waals surface area contributed by atoms with Crippen LogP contribution in [-0.2, 0) is 0 Å². The number of hydrogen-bond donors (Lipinski definition) is 0. The van der Waals surface area contributed by atoms with E-state index in [9.17, 15) is 13.6 Å². The maximum absolute atomic E-state index is 12.5. The normalized spacial score (nSPS) is 10.7. The number of hydrogen-bond acceptors (Lipinski definition) is 2. The van der Waals surface area contributed by atoms with Gasteiger partial charge in [-0.15, -0.1) is 0 Å². The summed E-state index contributed by atoms with van der Waals surface area (Å²) in [6, 6.07) is 8.63. The van der Waals surface area contributed by atoms with Crippen molar-refractivity contribution < 1.29 is 13.6 Å². The molecule has 0 fully saturated rings. The molecule has 5 heteroatoms. The summed E-state index contributed by atoms with van der Waals surface area (Å²) in [5.74, 6) is -0.349. The maximum atomic E-state index is 12.5. The molecule has 0 saturated heterocycles. The zero-order valence-electron chi connectivity index (χ0n) is 9.11. The molecule has 0 spiro atoms. The highest BCUT2D eigenvalue weighted by molar-refractivity contribution is 6.32. The Morgan fingerprint density at radius 2 is 2.00 bits per heavy atom. The number of alkyl halides is 2. The standard InChI is InChI=1S/C13H8ClF2NO/c14-10-7-8(4-5-9(10)13(15)16)12(18)11-3-1-2-6-17-11/h1-7,13H. The van der Waals surface area contributed by atoms with Gasteiger partial charge in [-0.3, -0.25) is 9.78 Å². The Labute approximate surface area is 107 Å². The number of benzene rings is 1. The number of nitrogens with zero attached hydrogens (tertiary/aromatic N) is 1. The molecule has 0 unspecified atom stereocenters. The van der Waals surface area contributed by atoms with Gasteiger partial charge in [-0.1, -0.05) is 29.8 Å². The van der Waals surface area contributed by atoms with E-state index in [1.807, 2.05) is 0 Å². The maximum Gasteiger partial charge on any atom is 0.265 e. The van der Waals surface area contributed by atoms with Crippen molar-refractivity contribution in [2.75, 3.05) is 0 Å². The van der Waals surface area contributed by atoms with Crippen LogP contribution in [0.4, 0.5) is 8.78 Å². The Balaban J connectivity index is 2.36. The second kappa shape index (κ2) is 5.23. The van der Waals surface area contributed by atoms with Crippen molar-refractivity contribution in [2.45, 2.75) is 6.43 Å². The van der Waals surface area contributed by atoms with Crippen molar-refractivity contribution >= 4 is 17.4 Å². The average molecular weight is 268 g/mol. The first-order valence-corrected chi connectivity index (χ1v) is 5.50. The van der Waals surface area contributed by atoms with Crippen molar-refractivity contribution in [3.8, 4) is 0 Å². The van der Waals surface area contributed by atoms with E-state index >= 15 is 0 Å². The predicted octanol–water partition coefficient (Wildman–Crippen LogP) is 3.90. The van der Waals surface area contributed by atoms with Crippen LogP contribution in [0, 0.1) is 0 Å². The molecule has 1 aromatic carbocycles. The van der Waals surface area contributed by atoms with Crippen LogP contribution in [0.3, 0.4) is 0 Å². The van der Waals surface area contributed by atoms with Gasteiger partial charge in [0.15, 0.2) is 0 Å². The second-order valence-electron chi connectivity index (χ2n) is 3.58. The lowest BCUT2D eigenvalue weighted by Gasteiger charge is -2.05. The average Bonchev–Trinajstić information content (AvgIpc) is 2.38. The monoisotopic (exact) mass is 267 g/mol. The van der Waals surface area contributed by atoms with Crippen LogP contribution in [0.2, 0.25) is 5.02 Å². The first kappa shape index (κ1) is 12.6. The SMILES string of the molecule is O=C(c1ccc(C(F)F)c(Cl)c1)c1ccccn1. The highest BCUT2D eigenvalue weighted by atomic mass is 35.5. The van der Waals surface area contributed by atoms with Crippen molar-refractivity contribution in [3.05, 3.63) is 64.4 Å². The molecule has 0 bridgehead atoms. The van der Waals surface area contributed by atoms with Crippen molar-refractivity contribution in [3.63, 3.8) is 0 Å². The van der Waals surface area contributed by atoms with Gasteiger partial charge >= 0.3 is 0 Å². The molecule has 18 heavy (non-hydrogen) atoms. The minimum atomic E-state index is -2.66. The summed E-state index contributed by atoms with van der Waals surface area (Å²) in [7, 11) is 0. The van der Waals surface area contributed by atoms with Crippen molar-refractivity contribution in [2.24, 2.45) is 0 Å². The minimum absolute atomic E-state index is 0.119. The second-order valence-corrected chi connectivity index (χ2v) is 3.99. The van der Waals surface area contributed by atoms with E-state index in [-0.39, 0.29) is 27.6 Å². The molecule has 2 rings (SSSR count). The van der Waals surface area contributed by atoms with E-state index in [1.165, 1.54) is 18.3 Å². The molecule has 0 aliphatic heterocycles. The van der Waals surface area contributed by atoms with E-state index in [0.29, 0.717) is 0 Å². The topological polar surface area (TPSA) is 30.0 Å². The van der Waals surface area contributed by atoms with E-state index < -0.39 is 6.43 Å². The fourth-order valence-corrected chi connectivity index (χ4v) is 1.75. The fourth-order valence-electron chi connectivity index (χ4n) is 1.49. The van der Waals surface area contributed by atoms with E-state index in [2.05, 4.69) is 4.98 Å². The molecule has 0 atom stereocenters. The first-order chi connectivity index (χ1) is 8.59. The number of halogens is 3. The molecular weight excluding hydrogens is 260 g/mol. The number of carbonyl (C=O) groups excluding carboxylic acids is 1. The minimum Gasteiger partial charge on any atom is -0.287 e. The molecule has 1 heterocycles. The number of rotatable bonds is 3. The number of pyridine rings is 1. The Kier molecular flexibility index (Phi) is 3.67. The molecule has 1 aromatic heterocycles. The van der Waals surface area contributed by atoms with E-state index in [0.717, 1.165) is 6.07 Å². The Bertz CT molecular complexity index is 572. The van der Waals surface area contributed by atoms with Gasteiger partial charge in [0.2, 0.25) is 5.78 Å². The molecular formula is C13H8ClF2NO. The van der Waals surface area contributed by atoms with Gasteiger partial charge < -0.3 is 0 Å². The lowest BCUT2D eigenvalue weighted by atomic mass is 10.1. The Morgan fingerprint density at radius 1 is 1.22 bits per heavy atom. The highest BCUT2D eigenvalue weighted by Gasteiger charge is 2.15. The highest BCUT2D eigenvalue weighted by Crippen LogP contribution is 2.28. The molecule has 92 valence electrons. The molecule has 0 aliphatic rings. The van der Waals surface area contributed by atoms with Gasteiger partial charge in [-0.2, -0.15) is 0 Å². The van der Waals surface area contributed by atoms with Crippen LogP contribution in [0.5, 0.6) is 0 Å². The third kappa shape index (κ3) is 2.54. The molecule has 2 nitrogen and oxygen atoms in total. The van der Waals surface area contributed by atoms with Crippen LogP contribution in [0.1, 0.15) is 28.0 Å². The summed E-state index contributed by atoms with van der Waals surface area (Å²) in [5, 5.41) is -0.119. The van der Waals surface area contributed by atoms with Crippen LogP contribution in [-0.4, -0.2) is 10.8 Å². The predicted molar refractivity (Wildman–Crippen MR) is 64.1 cm³/mol. The Morgan fingerprint density at radius 3 is 2.56 bits per heavy atom. The van der Waals surface area contributed by atoms with Gasteiger partial charge in [-0.05, 0) is 18.2 Å². The Hall–Kier alpha value is -1.81. The van der Waals surface area contributed by atoms with Crippen LogP contribution in [0.25, 0.3) is 0 Å². The van der Waals surface area contributed by atoms with Gasteiger partial charge in [0, 0.05) is 17.3 Å². The van der Waals surface area contributed by atoms with Crippen LogP contribution >= 0.6 is 11.6 Å². The molecule has 0 radical (unpaired) electrons. The summed E-state index contributed by atoms with van der Waals surface area (Å²) in [4.78, 5) is 15.9. The summed E-state index contributed by atoms with van der Waals surface area (Å²) >= 11 is 5.70. The largest absolute Gasteiger partial charge is 0.287 e. The van der Waals surface area contributed by atoms with Crippen molar-refractivity contribution in [1.29, 1.82) is 0 Å². The smallest absolute Gasteiger partial charge is 0.265 e. The fraction of sp³-hybridized carbons (Fsp3) is 0.0769. The first-order valence-electron chi connectivity index (χ1n) is 5.13. The summed E-state index contributed by atoms with van der Waals surface area (Å²) in [6.07, 6.45) is -1.17. The van der Waals surface area contributed by atoms with Gasteiger partial charge in [0.1, 0.15) is 5.69 Å². The number of ketones is 1. The summed E-state index contributed by atoms with van der Waals surface area (Å²) < 4.78 is 25.0. The lowest BCUT2D eigenvalue weighted by molar-refractivity contribution is 0.103. The molecule has 0 saturated carbocycles. The van der Waals surface area contributed by atoms with E-state index in [1.54, 1.807) is 18.2 Å². The molecule has 0 N–H and O–H groups in total. The summed E-state index contributed by atoms with van der Waals surface area (Å²) in [5.41, 5.74) is 0.204. The lowest BCUT2D eigenvalue weighted by Crippen LogP contribution is -2.04. The number of carbonyl (C=O) groups is 1. The van der Waals surface area contributed by atoms with Crippen LogP contribution < -0.4 is 0 Å². The van der Waals surface area contributed by atoms with Crippen LogP contribution in [0.15, 0.2) is 42.6 Å². The zero-order chi connectivity index (χ0) is 13.1. The van der Waals surface area contributed by atoms with E-state index in [4.69, 9.17) is 11.6 Å².